The molecular weight excluding hydrogens is 378 g/mol. The number of hydrogen-bond acceptors (Lipinski definition) is 6. The zero-order chi connectivity index (χ0) is 20.4. The highest BCUT2D eigenvalue weighted by Crippen LogP contribution is 2.43. The van der Waals surface area contributed by atoms with E-state index in [1.54, 1.807) is 12.1 Å². The van der Waals surface area contributed by atoms with Crippen molar-refractivity contribution in [2.75, 3.05) is 11.4 Å². The summed E-state index contributed by atoms with van der Waals surface area (Å²) in [5.41, 5.74) is 1.01. The summed E-state index contributed by atoms with van der Waals surface area (Å²) in [6.45, 7) is 0.0921. The number of rotatable bonds is 1. The number of urea groups is 1. The topological polar surface area (TPSA) is 135 Å². The Morgan fingerprint density at radius 2 is 2.03 bits per heavy atom. The van der Waals surface area contributed by atoms with Gasteiger partial charge in [-0.15, -0.1) is 0 Å². The number of aromatic nitrogens is 1. The summed E-state index contributed by atoms with van der Waals surface area (Å²) in [4.78, 5) is 57.3. The van der Waals surface area contributed by atoms with Crippen LogP contribution < -0.4 is 4.90 Å². The van der Waals surface area contributed by atoms with Crippen molar-refractivity contribution in [3.05, 3.63) is 36.0 Å². The Morgan fingerprint density at radius 1 is 1.24 bits per heavy atom. The molecule has 0 unspecified atom stereocenters. The molecule has 3 aliphatic rings. The van der Waals surface area contributed by atoms with Crippen LogP contribution in [0.5, 0.6) is 0 Å². The Kier molecular flexibility index (Phi) is 3.39. The maximum atomic E-state index is 13.2. The van der Waals surface area contributed by atoms with Crippen molar-refractivity contribution in [1.29, 1.82) is 5.26 Å². The molecule has 0 saturated carbocycles. The Hall–Kier alpha value is -4.00. The number of nitriles is 1. The highest BCUT2D eigenvalue weighted by atomic mass is 16.4. The van der Waals surface area contributed by atoms with Crippen molar-refractivity contribution >= 4 is 40.4 Å². The van der Waals surface area contributed by atoms with E-state index in [1.165, 1.54) is 28.1 Å². The van der Waals surface area contributed by atoms with Gasteiger partial charge < -0.3 is 14.9 Å². The molecule has 2 bridgehead atoms. The van der Waals surface area contributed by atoms with Crippen molar-refractivity contribution < 1.29 is 24.3 Å². The first-order chi connectivity index (χ1) is 13.9. The molecule has 0 spiro atoms. The van der Waals surface area contributed by atoms with Gasteiger partial charge in [-0.25, -0.2) is 14.5 Å². The molecule has 0 radical (unpaired) electrons. The number of piperazine rings is 1. The molecule has 1 aromatic heterocycles. The van der Waals surface area contributed by atoms with Crippen molar-refractivity contribution in [2.45, 2.75) is 24.5 Å². The lowest BCUT2D eigenvalue weighted by Gasteiger charge is -2.33. The van der Waals surface area contributed by atoms with Gasteiger partial charge in [0.05, 0.1) is 28.9 Å². The third-order valence-corrected chi connectivity index (χ3v) is 5.82. The first kappa shape index (κ1) is 17.1. The number of hydrogen-bond donors (Lipinski definition) is 1. The Bertz CT molecular complexity index is 1170. The normalized spacial score (nSPS) is 24.9. The fraction of sp³-hybridized carbons (Fsp3) is 0.263. The number of amides is 4. The number of anilines is 1. The van der Waals surface area contributed by atoms with Crippen molar-refractivity contribution in [2.24, 2.45) is 0 Å². The fourth-order valence-electron chi connectivity index (χ4n) is 4.68. The fourth-order valence-corrected chi connectivity index (χ4v) is 4.68. The molecule has 5 rings (SSSR count). The second-order valence-electron chi connectivity index (χ2n) is 7.17. The molecular formula is C19H13N5O5. The van der Waals surface area contributed by atoms with Gasteiger partial charge in [-0.05, 0) is 30.7 Å². The van der Waals surface area contributed by atoms with E-state index in [0.29, 0.717) is 28.6 Å². The number of aliphatic carboxylic acids is 1. The van der Waals surface area contributed by atoms with E-state index < -0.39 is 41.9 Å². The summed E-state index contributed by atoms with van der Waals surface area (Å²) < 4.78 is 0. The molecule has 0 aliphatic carbocycles. The summed E-state index contributed by atoms with van der Waals surface area (Å²) in [6, 6.07) is 5.92. The quantitative estimate of drug-likeness (QED) is 0.546. The van der Waals surface area contributed by atoms with Crippen LogP contribution in [0.4, 0.5) is 10.5 Å². The number of carboxylic acids is 1. The number of fused-ring (bicyclic) bond motifs is 6. The van der Waals surface area contributed by atoms with Crippen LogP contribution in [0.25, 0.3) is 10.9 Å². The van der Waals surface area contributed by atoms with E-state index in [0.717, 1.165) is 4.90 Å². The van der Waals surface area contributed by atoms with Gasteiger partial charge in [-0.3, -0.25) is 14.6 Å². The number of imide groups is 1. The third kappa shape index (κ3) is 2.12. The monoisotopic (exact) mass is 391 g/mol. The minimum absolute atomic E-state index is 0.0921. The van der Waals surface area contributed by atoms with Crippen LogP contribution in [-0.2, 0) is 14.4 Å². The van der Waals surface area contributed by atoms with E-state index >= 15 is 0 Å². The Labute approximate surface area is 163 Å². The molecule has 2 aromatic rings. The number of pyridine rings is 1. The van der Waals surface area contributed by atoms with Gasteiger partial charge in [0.2, 0.25) is 0 Å². The number of nitrogens with zero attached hydrogens (tertiary/aromatic N) is 5. The molecule has 10 heteroatoms. The van der Waals surface area contributed by atoms with Crippen molar-refractivity contribution in [3.8, 4) is 6.07 Å². The largest absolute Gasteiger partial charge is 0.474 e. The van der Waals surface area contributed by atoms with E-state index in [1.807, 2.05) is 6.07 Å². The first-order valence-corrected chi connectivity index (χ1v) is 8.92. The molecule has 3 fully saturated rings. The highest BCUT2D eigenvalue weighted by molar-refractivity contribution is 6.32. The van der Waals surface area contributed by atoms with Gasteiger partial charge in [-0.2, -0.15) is 5.26 Å². The summed E-state index contributed by atoms with van der Waals surface area (Å²) in [6.07, 6.45) is 1.90. The van der Waals surface area contributed by atoms with Gasteiger partial charge in [-0.1, -0.05) is 0 Å². The summed E-state index contributed by atoms with van der Waals surface area (Å²) in [7, 11) is 0. The minimum Gasteiger partial charge on any atom is -0.474 e. The zero-order valence-corrected chi connectivity index (χ0v) is 14.8. The van der Waals surface area contributed by atoms with Crippen LogP contribution in [0, 0.1) is 11.3 Å². The highest BCUT2D eigenvalue weighted by Gasteiger charge is 2.63. The minimum atomic E-state index is -1.58. The third-order valence-electron chi connectivity index (χ3n) is 5.82. The van der Waals surface area contributed by atoms with Crippen LogP contribution in [0.15, 0.2) is 30.5 Å². The van der Waals surface area contributed by atoms with E-state index in [-0.39, 0.29) is 6.54 Å². The van der Waals surface area contributed by atoms with Crippen molar-refractivity contribution in [3.63, 3.8) is 0 Å². The standard InChI is InChI=1S/C19H13N5O5/c20-7-9-3-4-12(11-2-1-5-21-14(9)11)24-16(25)15-13-6-10(23(15)19(24)29)8-22(13)17(26)18(27)28/h1-5,10,13,15H,6,8H2,(H,27,28)/t10-,13-,15-/m0/s1. The van der Waals surface area contributed by atoms with Crippen LogP contribution in [0.3, 0.4) is 0 Å². The summed E-state index contributed by atoms with van der Waals surface area (Å²) in [5.74, 6) is -3.16. The molecule has 10 nitrogen and oxygen atoms in total. The maximum absolute atomic E-state index is 13.2. The number of likely N-dealkylation sites (tertiary alicyclic amines) is 1. The lowest BCUT2D eigenvalue weighted by atomic mass is 10.1. The zero-order valence-electron chi connectivity index (χ0n) is 14.8. The number of carbonyl (C=O) groups is 4. The Balaban J connectivity index is 1.58. The first-order valence-electron chi connectivity index (χ1n) is 8.92. The smallest absolute Gasteiger partial charge is 0.394 e. The average Bonchev–Trinajstić information content (AvgIpc) is 3.38. The van der Waals surface area contributed by atoms with Crippen molar-refractivity contribution in [1.82, 2.24) is 14.8 Å². The van der Waals surface area contributed by atoms with Gasteiger partial charge in [0.25, 0.3) is 5.91 Å². The van der Waals surface area contributed by atoms with Gasteiger partial charge >= 0.3 is 17.9 Å². The summed E-state index contributed by atoms with van der Waals surface area (Å²) >= 11 is 0. The molecule has 144 valence electrons. The van der Waals surface area contributed by atoms with Gasteiger partial charge in [0, 0.05) is 18.1 Å². The predicted octanol–water partition coefficient (Wildman–Crippen LogP) is 0.311. The van der Waals surface area contributed by atoms with E-state index in [2.05, 4.69) is 4.98 Å². The van der Waals surface area contributed by atoms with Crippen LogP contribution in [0.1, 0.15) is 12.0 Å². The van der Waals surface area contributed by atoms with E-state index in [4.69, 9.17) is 5.11 Å². The van der Waals surface area contributed by atoms with Crippen LogP contribution in [0.2, 0.25) is 0 Å². The molecule has 3 saturated heterocycles. The van der Waals surface area contributed by atoms with Crippen LogP contribution >= 0.6 is 0 Å². The molecule has 29 heavy (non-hydrogen) atoms. The lowest BCUT2D eigenvalue weighted by molar-refractivity contribution is -0.157. The number of benzene rings is 1. The Morgan fingerprint density at radius 3 is 2.76 bits per heavy atom. The lowest BCUT2D eigenvalue weighted by Crippen LogP contribution is -2.56. The predicted molar refractivity (Wildman–Crippen MR) is 96.5 cm³/mol. The van der Waals surface area contributed by atoms with Gasteiger partial charge in [0.1, 0.15) is 12.1 Å². The molecule has 4 amide bonds. The van der Waals surface area contributed by atoms with Gasteiger partial charge in [0.15, 0.2) is 0 Å². The number of carboxylic acid groups (broad SMARTS) is 1. The molecule has 4 heterocycles. The molecule has 3 atom stereocenters. The molecule has 3 aliphatic heterocycles. The molecule has 1 N–H and O–H groups in total. The summed E-state index contributed by atoms with van der Waals surface area (Å²) in [5, 5.41) is 18.8. The van der Waals surface area contributed by atoms with Crippen LogP contribution in [-0.4, -0.2) is 68.4 Å². The van der Waals surface area contributed by atoms with E-state index in [9.17, 15) is 24.4 Å². The SMILES string of the molecule is N#Cc1ccc(N2C(=O)[C@@H]3[C@@H]4C[C@@H](CN4C(=O)C(=O)O)N3C2=O)c2cccnc12. The maximum Gasteiger partial charge on any atom is 0.394 e. The second kappa shape index (κ2) is 5.75. The number of carbonyl (C=O) groups excluding carboxylic acids is 3. The second-order valence-corrected chi connectivity index (χ2v) is 7.17. The molecule has 1 aromatic carbocycles. The average molecular weight is 391 g/mol.